The van der Waals surface area contributed by atoms with E-state index in [1.165, 1.54) is 11.3 Å². The molecule has 3 rings (SSSR count). The van der Waals surface area contributed by atoms with Crippen LogP contribution in [0.1, 0.15) is 55.9 Å². The van der Waals surface area contributed by atoms with Crippen molar-refractivity contribution in [1.82, 2.24) is 15.0 Å². The molecule has 0 bridgehead atoms. The first kappa shape index (κ1) is 14.9. The average Bonchev–Trinajstić information content (AvgIpc) is 3.13. The fraction of sp³-hybridized carbons (Fsp3) is 0.500. The highest BCUT2D eigenvalue weighted by Gasteiger charge is 2.25. The lowest BCUT2D eigenvalue weighted by Gasteiger charge is -2.14. The number of rotatable bonds is 4. The number of nitrogens with zero attached hydrogens (tertiary/aromatic N) is 4. The van der Waals surface area contributed by atoms with Crippen LogP contribution in [-0.4, -0.2) is 21.0 Å². The predicted molar refractivity (Wildman–Crippen MR) is 86.9 cm³/mol. The summed E-state index contributed by atoms with van der Waals surface area (Å²) in [6.45, 7) is 6.36. The van der Waals surface area contributed by atoms with Crippen LogP contribution in [0.3, 0.4) is 0 Å². The van der Waals surface area contributed by atoms with Gasteiger partial charge in [-0.1, -0.05) is 20.8 Å². The molecule has 2 aromatic heterocycles. The Hall–Kier alpha value is -2.00. The van der Waals surface area contributed by atoms with Crippen LogP contribution < -0.4 is 5.32 Å². The molecule has 2 heterocycles. The van der Waals surface area contributed by atoms with E-state index in [0.717, 1.165) is 23.5 Å². The summed E-state index contributed by atoms with van der Waals surface area (Å²) in [5, 5.41) is 15.7. The molecule has 1 N–H and O–H groups in total. The van der Waals surface area contributed by atoms with Gasteiger partial charge < -0.3 is 5.32 Å². The first-order valence-electron chi connectivity index (χ1n) is 7.42. The van der Waals surface area contributed by atoms with E-state index in [4.69, 9.17) is 0 Å². The Morgan fingerprint density at radius 3 is 2.73 bits per heavy atom. The monoisotopic (exact) mass is 313 g/mol. The molecule has 1 aliphatic rings. The number of nitriles is 1. The van der Waals surface area contributed by atoms with Gasteiger partial charge in [0.2, 0.25) is 5.95 Å². The number of hydrogen-bond acceptors (Lipinski definition) is 6. The van der Waals surface area contributed by atoms with Gasteiger partial charge in [0.15, 0.2) is 0 Å². The smallest absolute Gasteiger partial charge is 0.223 e. The number of anilines is 1. The Bertz CT molecular complexity index is 706. The fourth-order valence-corrected chi connectivity index (χ4v) is 3.12. The Balaban J connectivity index is 1.87. The van der Waals surface area contributed by atoms with Crippen molar-refractivity contribution >= 4 is 17.3 Å². The van der Waals surface area contributed by atoms with E-state index in [1.54, 1.807) is 12.3 Å². The van der Waals surface area contributed by atoms with Crippen LogP contribution in [0.25, 0.3) is 0 Å². The molecule has 0 saturated heterocycles. The molecule has 114 valence electrons. The van der Waals surface area contributed by atoms with Gasteiger partial charge >= 0.3 is 0 Å². The molecule has 0 amide bonds. The second-order valence-corrected chi connectivity index (χ2v) is 7.50. The van der Waals surface area contributed by atoms with E-state index in [0.29, 0.717) is 17.7 Å². The molecule has 5 nitrogen and oxygen atoms in total. The van der Waals surface area contributed by atoms with Crippen LogP contribution in [0.2, 0.25) is 0 Å². The maximum Gasteiger partial charge on any atom is 0.223 e. The molecule has 22 heavy (non-hydrogen) atoms. The van der Waals surface area contributed by atoms with Crippen LogP contribution in [-0.2, 0) is 5.41 Å². The van der Waals surface area contributed by atoms with Gasteiger partial charge in [0.1, 0.15) is 10.9 Å². The average molecular weight is 313 g/mol. The Kier molecular flexibility index (Phi) is 3.83. The molecule has 1 fully saturated rings. The number of aromatic nitrogens is 3. The third kappa shape index (κ3) is 3.25. The third-order valence-corrected chi connectivity index (χ3v) is 4.46. The number of nitrogens with one attached hydrogen (secondary N) is 1. The van der Waals surface area contributed by atoms with Crippen molar-refractivity contribution in [2.75, 3.05) is 5.32 Å². The Labute approximate surface area is 134 Å². The molecule has 0 aromatic carbocycles. The standard InChI is InChI=1S/C16H19N5S/c1-16(2,3)13-9-22-14(21-13)11(8-17)12-6-7-18-15(20-12)19-10-4-5-10/h6-7,9-11H,4-5H2,1-3H3,(H,18,19,20). The highest BCUT2D eigenvalue weighted by atomic mass is 32.1. The first-order valence-corrected chi connectivity index (χ1v) is 8.30. The molecular formula is C16H19N5S. The lowest BCUT2D eigenvalue weighted by molar-refractivity contribution is 0.570. The number of hydrogen-bond donors (Lipinski definition) is 1. The van der Waals surface area contributed by atoms with Crippen molar-refractivity contribution in [3.05, 3.63) is 34.0 Å². The van der Waals surface area contributed by atoms with E-state index < -0.39 is 5.92 Å². The SMILES string of the molecule is CC(C)(C)c1csc(C(C#N)c2ccnc(NC3CC3)n2)n1. The minimum Gasteiger partial charge on any atom is -0.351 e. The summed E-state index contributed by atoms with van der Waals surface area (Å²) in [6.07, 6.45) is 4.03. The molecule has 0 radical (unpaired) electrons. The van der Waals surface area contributed by atoms with Crippen molar-refractivity contribution in [1.29, 1.82) is 5.26 Å². The van der Waals surface area contributed by atoms with Gasteiger partial charge in [-0.25, -0.2) is 15.0 Å². The minimum atomic E-state index is -0.441. The predicted octanol–water partition coefficient (Wildman–Crippen LogP) is 3.46. The summed E-state index contributed by atoms with van der Waals surface area (Å²) in [7, 11) is 0. The van der Waals surface area contributed by atoms with Crippen LogP contribution >= 0.6 is 11.3 Å². The van der Waals surface area contributed by atoms with Crippen molar-refractivity contribution in [3.63, 3.8) is 0 Å². The van der Waals surface area contributed by atoms with E-state index in [1.807, 2.05) is 5.38 Å². The molecule has 1 unspecified atom stereocenters. The van der Waals surface area contributed by atoms with Gasteiger partial charge in [-0.05, 0) is 18.9 Å². The number of thiazole rings is 1. The third-order valence-electron chi connectivity index (χ3n) is 3.55. The molecule has 1 aliphatic carbocycles. The zero-order chi connectivity index (χ0) is 15.7. The molecule has 2 aromatic rings. The van der Waals surface area contributed by atoms with Crippen molar-refractivity contribution < 1.29 is 0 Å². The van der Waals surface area contributed by atoms with Crippen molar-refractivity contribution in [2.45, 2.75) is 51.0 Å². The summed E-state index contributed by atoms with van der Waals surface area (Å²) in [5.74, 6) is 0.164. The molecule has 0 spiro atoms. The first-order chi connectivity index (χ1) is 10.5. The second-order valence-electron chi connectivity index (χ2n) is 6.61. The summed E-state index contributed by atoms with van der Waals surface area (Å²) < 4.78 is 0. The molecule has 0 aliphatic heterocycles. The zero-order valence-corrected chi connectivity index (χ0v) is 13.8. The zero-order valence-electron chi connectivity index (χ0n) is 13.0. The van der Waals surface area contributed by atoms with E-state index >= 15 is 0 Å². The van der Waals surface area contributed by atoms with Gasteiger partial charge in [-0.15, -0.1) is 11.3 Å². The molecule has 1 atom stereocenters. The van der Waals surface area contributed by atoms with Crippen molar-refractivity contribution in [3.8, 4) is 6.07 Å². The van der Waals surface area contributed by atoms with E-state index in [-0.39, 0.29) is 5.41 Å². The lowest BCUT2D eigenvalue weighted by atomic mass is 9.93. The summed E-state index contributed by atoms with van der Waals surface area (Å²) >= 11 is 1.52. The van der Waals surface area contributed by atoms with Crippen LogP contribution in [0.5, 0.6) is 0 Å². The topological polar surface area (TPSA) is 74.5 Å². The largest absolute Gasteiger partial charge is 0.351 e. The van der Waals surface area contributed by atoms with E-state index in [2.05, 4.69) is 47.1 Å². The maximum absolute atomic E-state index is 9.57. The van der Waals surface area contributed by atoms with Crippen LogP contribution in [0, 0.1) is 11.3 Å². The van der Waals surface area contributed by atoms with Crippen molar-refractivity contribution in [2.24, 2.45) is 0 Å². The lowest BCUT2D eigenvalue weighted by Crippen LogP contribution is -2.12. The Morgan fingerprint density at radius 2 is 2.14 bits per heavy atom. The molecular weight excluding hydrogens is 294 g/mol. The maximum atomic E-state index is 9.57. The summed E-state index contributed by atoms with van der Waals surface area (Å²) in [5.41, 5.74) is 1.70. The normalized spacial score (nSPS) is 16.1. The summed E-state index contributed by atoms with van der Waals surface area (Å²) in [4.78, 5) is 13.4. The molecule has 1 saturated carbocycles. The van der Waals surface area contributed by atoms with Crippen LogP contribution in [0.4, 0.5) is 5.95 Å². The highest BCUT2D eigenvalue weighted by molar-refractivity contribution is 7.09. The minimum absolute atomic E-state index is 0.0148. The van der Waals surface area contributed by atoms with Gasteiger partial charge in [0.25, 0.3) is 0 Å². The van der Waals surface area contributed by atoms with Gasteiger partial charge in [0.05, 0.1) is 17.5 Å². The summed E-state index contributed by atoms with van der Waals surface area (Å²) in [6, 6.07) is 4.61. The van der Waals surface area contributed by atoms with Crippen LogP contribution in [0.15, 0.2) is 17.6 Å². The highest BCUT2D eigenvalue weighted by Crippen LogP contribution is 2.31. The van der Waals surface area contributed by atoms with E-state index in [9.17, 15) is 5.26 Å². The quantitative estimate of drug-likeness (QED) is 0.935. The van der Waals surface area contributed by atoms with Gasteiger partial charge in [-0.2, -0.15) is 5.26 Å². The van der Waals surface area contributed by atoms with Gasteiger partial charge in [0, 0.05) is 23.0 Å². The molecule has 6 heteroatoms. The second kappa shape index (κ2) is 5.65. The Morgan fingerprint density at radius 1 is 1.36 bits per heavy atom. The fourth-order valence-electron chi connectivity index (χ4n) is 2.03. The van der Waals surface area contributed by atoms with Gasteiger partial charge in [-0.3, -0.25) is 0 Å².